The van der Waals surface area contributed by atoms with Crippen LogP contribution in [-0.2, 0) is 6.42 Å². The molecule has 5 heteroatoms. The fourth-order valence-electron chi connectivity index (χ4n) is 2.86. The molecular formula is C18H23ClN4. The summed E-state index contributed by atoms with van der Waals surface area (Å²) in [6.45, 7) is 2.97. The van der Waals surface area contributed by atoms with Crippen LogP contribution in [0.3, 0.4) is 0 Å². The molecule has 2 aromatic rings. The molecule has 122 valence electrons. The van der Waals surface area contributed by atoms with Gasteiger partial charge in [-0.05, 0) is 43.0 Å². The number of halogens is 1. The van der Waals surface area contributed by atoms with Crippen molar-refractivity contribution in [1.82, 2.24) is 9.97 Å². The predicted molar refractivity (Wildman–Crippen MR) is 96.4 cm³/mol. The SMILES string of the molecule is Clc1ccc(CCNc2ccnc(N3CCCCCC3)n2)cc1. The number of nitrogens with one attached hydrogen (secondary N) is 1. The molecule has 1 aromatic carbocycles. The number of hydrogen-bond donors (Lipinski definition) is 1. The lowest BCUT2D eigenvalue weighted by Gasteiger charge is -2.20. The molecule has 0 spiro atoms. The number of nitrogens with zero attached hydrogens (tertiary/aromatic N) is 3. The van der Waals surface area contributed by atoms with Gasteiger partial charge in [-0.25, -0.2) is 4.98 Å². The van der Waals surface area contributed by atoms with E-state index >= 15 is 0 Å². The minimum Gasteiger partial charge on any atom is -0.370 e. The second-order valence-electron chi connectivity index (χ2n) is 5.95. The smallest absolute Gasteiger partial charge is 0.227 e. The van der Waals surface area contributed by atoms with Crippen molar-refractivity contribution in [1.29, 1.82) is 0 Å². The normalized spacial score (nSPS) is 15.3. The topological polar surface area (TPSA) is 41.1 Å². The highest BCUT2D eigenvalue weighted by atomic mass is 35.5. The average molecular weight is 331 g/mol. The van der Waals surface area contributed by atoms with Gasteiger partial charge in [0.05, 0.1) is 0 Å². The van der Waals surface area contributed by atoms with Crippen LogP contribution in [0.4, 0.5) is 11.8 Å². The minimum absolute atomic E-state index is 0.777. The summed E-state index contributed by atoms with van der Waals surface area (Å²) >= 11 is 5.91. The molecule has 3 rings (SSSR count). The predicted octanol–water partition coefficient (Wildman–Crippen LogP) is 4.17. The van der Waals surface area contributed by atoms with Gasteiger partial charge >= 0.3 is 0 Å². The van der Waals surface area contributed by atoms with Gasteiger partial charge in [0.15, 0.2) is 0 Å². The zero-order chi connectivity index (χ0) is 15.9. The molecule has 4 nitrogen and oxygen atoms in total. The third kappa shape index (κ3) is 4.83. The lowest BCUT2D eigenvalue weighted by atomic mass is 10.1. The Balaban J connectivity index is 1.55. The van der Waals surface area contributed by atoms with Gasteiger partial charge in [-0.15, -0.1) is 0 Å². The van der Waals surface area contributed by atoms with Crippen molar-refractivity contribution in [2.75, 3.05) is 29.9 Å². The first-order chi connectivity index (χ1) is 11.3. The fourth-order valence-corrected chi connectivity index (χ4v) is 2.98. The highest BCUT2D eigenvalue weighted by Gasteiger charge is 2.12. The average Bonchev–Trinajstić information content (AvgIpc) is 2.86. The maximum Gasteiger partial charge on any atom is 0.227 e. The van der Waals surface area contributed by atoms with Crippen LogP contribution in [0.5, 0.6) is 0 Å². The van der Waals surface area contributed by atoms with E-state index in [-0.39, 0.29) is 0 Å². The molecule has 0 saturated carbocycles. The quantitative estimate of drug-likeness (QED) is 0.893. The summed E-state index contributed by atoms with van der Waals surface area (Å²) in [5.74, 6) is 1.75. The second kappa shape index (κ2) is 8.16. The Morgan fingerprint density at radius 3 is 2.48 bits per heavy atom. The summed E-state index contributed by atoms with van der Waals surface area (Å²) in [5, 5.41) is 4.17. The maximum atomic E-state index is 5.91. The van der Waals surface area contributed by atoms with Crippen LogP contribution in [0.2, 0.25) is 5.02 Å². The Hall–Kier alpha value is -1.81. The molecule has 1 aliphatic heterocycles. The van der Waals surface area contributed by atoms with E-state index in [9.17, 15) is 0 Å². The van der Waals surface area contributed by atoms with Crippen LogP contribution in [0.15, 0.2) is 36.5 Å². The van der Waals surface area contributed by atoms with Gasteiger partial charge in [0.1, 0.15) is 5.82 Å². The van der Waals surface area contributed by atoms with Crippen LogP contribution in [0.1, 0.15) is 31.2 Å². The number of benzene rings is 1. The van der Waals surface area contributed by atoms with Crippen molar-refractivity contribution in [2.45, 2.75) is 32.1 Å². The number of rotatable bonds is 5. The molecule has 0 radical (unpaired) electrons. The molecule has 2 heterocycles. The van der Waals surface area contributed by atoms with Gasteiger partial charge in [-0.1, -0.05) is 36.6 Å². The first-order valence-electron chi connectivity index (χ1n) is 8.37. The molecular weight excluding hydrogens is 308 g/mol. The summed E-state index contributed by atoms with van der Waals surface area (Å²) in [7, 11) is 0. The molecule has 0 bridgehead atoms. The lowest BCUT2D eigenvalue weighted by Crippen LogP contribution is -2.26. The summed E-state index contributed by atoms with van der Waals surface area (Å²) in [4.78, 5) is 11.4. The monoisotopic (exact) mass is 330 g/mol. The largest absolute Gasteiger partial charge is 0.370 e. The van der Waals surface area contributed by atoms with Crippen LogP contribution in [-0.4, -0.2) is 29.6 Å². The van der Waals surface area contributed by atoms with E-state index in [1.165, 1.54) is 31.2 Å². The summed E-state index contributed by atoms with van der Waals surface area (Å²) in [6, 6.07) is 9.92. The van der Waals surface area contributed by atoms with E-state index < -0.39 is 0 Å². The second-order valence-corrected chi connectivity index (χ2v) is 6.38. The zero-order valence-corrected chi connectivity index (χ0v) is 14.1. The van der Waals surface area contributed by atoms with Gasteiger partial charge in [0, 0.05) is 30.9 Å². The number of hydrogen-bond acceptors (Lipinski definition) is 4. The van der Waals surface area contributed by atoms with Gasteiger partial charge in [0.2, 0.25) is 5.95 Å². The van der Waals surface area contributed by atoms with Crippen molar-refractivity contribution in [3.05, 3.63) is 47.1 Å². The molecule has 1 saturated heterocycles. The van der Waals surface area contributed by atoms with E-state index in [4.69, 9.17) is 11.6 Å². The molecule has 1 N–H and O–H groups in total. The fraction of sp³-hybridized carbons (Fsp3) is 0.444. The van der Waals surface area contributed by atoms with Crippen LogP contribution < -0.4 is 10.2 Å². The number of aromatic nitrogens is 2. The first kappa shape index (κ1) is 16.1. The van der Waals surface area contributed by atoms with Crippen molar-refractivity contribution in [3.63, 3.8) is 0 Å². The lowest BCUT2D eigenvalue weighted by molar-refractivity contribution is 0.726. The van der Waals surface area contributed by atoms with Gasteiger partial charge in [-0.2, -0.15) is 4.98 Å². The number of anilines is 2. The molecule has 0 unspecified atom stereocenters. The minimum atomic E-state index is 0.777. The van der Waals surface area contributed by atoms with Crippen molar-refractivity contribution < 1.29 is 0 Å². The zero-order valence-electron chi connectivity index (χ0n) is 13.3. The highest BCUT2D eigenvalue weighted by Crippen LogP contribution is 2.17. The Labute approximate surface area is 142 Å². The van der Waals surface area contributed by atoms with Crippen molar-refractivity contribution in [3.8, 4) is 0 Å². The Bertz CT molecular complexity index is 607. The van der Waals surface area contributed by atoms with E-state index in [0.29, 0.717) is 0 Å². The van der Waals surface area contributed by atoms with Gasteiger partial charge in [0.25, 0.3) is 0 Å². The molecule has 1 fully saturated rings. The summed E-state index contributed by atoms with van der Waals surface area (Å²) in [5.41, 5.74) is 1.27. The summed E-state index contributed by atoms with van der Waals surface area (Å²) in [6.07, 6.45) is 7.89. The van der Waals surface area contributed by atoms with E-state index in [1.807, 2.05) is 24.4 Å². The van der Waals surface area contributed by atoms with Crippen molar-refractivity contribution >= 4 is 23.4 Å². The molecule has 1 aromatic heterocycles. The summed E-state index contributed by atoms with van der Waals surface area (Å²) < 4.78 is 0. The van der Waals surface area contributed by atoms with Crippen LogP contribution in [0, 0.1) is 0 Å². The molecule has 0 aliphatic carbocycles. The van der Waals surface area contributed by atoms with Gasteiger partial charge in [-0.3, -0.25) is 0 Å². The van der Waals surface area contributed by atoms with Crippen molar-refractivity contribution in [2.24, 2.45) is 0 Å². The van der Waals surface area contributed by atoms with E-state index in [0.717, 1.165) is 42.8 Å². The third-order valence-electron chi connectivity index (χ3n) is 4.16. The maximum absolute atomic E-state index is 5.91. The van der Waals surface area contributed by atoms with E-state index in [1.54, 1.807) is 0 Å². The molecule has 0 atom stereocenters. The Kier molecular flexibility index (Phi) is 5.70. The standard InChI is InChI=1S/C18H23ClN4/c19-16-7-5-15(6-8-16)9-11-20-17-10-12-21-18(22-17)23-13-3-1-2-4-14-23/h5-8,10,12H,1-4,9,11,13-14H2,(H,20,21,22). The Morgan fingerprint density at radius 1 is 1.00 bits per heavy atom. The van der Waals surface area contributed by atoms with Gasteiger partial charge < -0.3 is 10.2 Å². The molecule has 0 amide bonds. The highest BCUT2D eigenvalue weighted by molar-refractivity contribution is 6.30. The Morgan fingerprint density at radius 2 is 1.74 bits per heavy atom. The first-order valence-corrected chi connectivity index (χ1v) is 8.75. The van der Waals surface area contributed by atoms with E-state index in [2.05, 4.69) is 32.3 Å². The third-order valence-corrected chi connectivity index (χ3v) is 4.42. The molecule has 1 aliphatic rings. The van der Waals surface area contributed by atoms with Crippen LogP contribution >= 0.6 is 11.6 Å². The van der Waals surface area contributed by atoms with Crippen LogP contribution in [0.25, 0.3) is 0 Å². The molecule has 23 heavy (non-hydrogen) atoms.